The lowest BCUT2D eigenvalue weighted by Crippen LogP contribution is -2.28. The number of rotatable bonds is 5. The van der Waals surface area contributed by atoms with Gasteiger partial charge in [0.15, 0.2) is 5.13 Å². The number of nitrogens with one attached hydrogen (secondary N) is 2. The zero-order valence-corrected chi connectivity index (χ0v) is 15.4. The maximum absolute atomic E-state index is 12.0. The van der Waals surface area contributed by atoms with E-state index in [4.69, 9.17) is 4.74 Å². The van der Waals surface area contributed by atoms with Crippen LogP contribution in [0.3, 0.4) is 0 Å². The van der Waals surface area contributed by atoms with E-state index >= 15 is 0 Å². The molecule has 1 unspecified atom stereocenters. The molecule has 0 saturated carbocycles. The molecule has 22 heavy (non-hydrogen) atoms. The molecule has 0 fully saturated rings. The number of hydrogen-bond acceptors (Lipinski definition) is 6. The molecule has 0 aromatic carbocycles. The van der Waals surface area contributed by atoms with E-state index in [1.165, 1.54) is 7.11 Å². The SMILES string of the molecule is CNCC(C)C(=O)Nc1nc(C(C)(C)C)c(C(=O)OC)s1.Cl. The highest BCUT2D eigenvalue weighted by Crippen LogP contribution is 2.32. The Bertz CT molecular complexity index is 526. The van der Waals surface area contributed by atoms with Gasteiger partial charge in [0.25, 0.3) is 0 Å². The van der Waals surface area contributed by atoms with Gasteiger partial charge < -0.3 is 15.4 Å². The predicted molar refractivity (Wildman–Crippen MR) is 91.1 cm³/mol. The Balaban J connectivity index is 0.00000441. The number of methoxy groups -OCH3 is 1. The lowest BCUT2D eigenvalue weighted by Gasteiger charge is -2.16. The highest BCUT2D eigenvalue weighted by molar-refractivity contribution is 7.17. The molecule has 0 aliphatic rings. The number of hydrogen-bond donors (Lipinski definition) is 2. The minimum Gasteiger partial charge on any atom is -0.465 e. The number of thiazole rings is 1. The fraction of sp³-hybridized carbons (Fsp3) is 0.643. The van der Waals surface area contributed by atoms with E-state index in [1.807, 2.05) is 27.7 Å². The second-order valence-corrected chi connectivity index (χ2v) is 6.89. The van der Waals surface area contributed by atoms with Crippen LogP contribution in [0.1, 0.15) is 43.1 Å². The zero-order chi connectivity index (χ0) is 16.2. The van der Waals surface area contributed by atoms with Gasteiger partial charge in [-0.05, 0) is 7.05 Å². The zero-order valence-electron chi connectivity index (χ0n) is 13.8. The van der Waals surface area contributed by atoms with Crippen LogP contribution in [0.5, 0.6) is 0 Å². The van der Waals surface area contributed by atoms with Crippen LogP contribution in [0.15, 0.2) is 0 Å². The molecule has 1 aromatic rings. The van der Waals surface area contributed by atoms with Gasteiger partial charge in [-0.3, -0.25) is 4.79 Å². The highest BCUT2D eigenvalue weighted by atomic mass is 35.5. The minimum absolute atomic E-state index is 0. The Labute approximate surface area is 141 Å². The van der Waals surface area contributed by atoms with Crippen molar-refractivity contribution in [1.82, 2.24) is 10.3 Å². The number of halogens is 1. The third-order valence-corrected chi connectivity index (χ3v) is 3.85. The minimum atomic E-state index is -0.429. The van der Waals surface area contributed by atoms with Crippen molar-refractivity contribution in [2.75, 3.05) is 26.0 Å². The van der Waals surface area contributed by atoms with Crippen LogP contribution in [0.2, 0.25) is 0 Å². The van der Waals surface area contributed by atoms with Gasteiger partial charge in [0.2, 0.25) is 5.91 Å². The first-order valence-corrected chi connectivity index (χ1v) is 7.57. The average molecular weight is 350 g/mol. The Kier molecular flexibility index (Phi) is 8.00. The largest absolute Gasteiger partial charge is 0.465 e. The van der Waals surface area contributed by atoms with Crippen molar-refractivity contribution in [3.63, 3.8) is 0 Å². The van der Waals surface area contributed by atoms with E-state index in [0.29, 0.717) is 22.2 Å². The fourth-order valence-electron chi connectivity index (χ4n) is 1.74. The van der Waals surface area contributed by atoms with Crippen LogP contribution >= 0.6 is 23.7 Å². The van der Waals surface area contributed by atoms with Crippen LogP contribution in [0.4, 0.5) is 5.13 Å². The predicted octanol–water partition coefficient (Wildman–Crippen LogP) is 2.44. The molecule has 8 heteroatoms. The summed E-state index contributed by atoms with van der Waals surface area (Å²) in [5.41, 5.74) is 0.329. The number of amides is 1. The van der Waals surface area contributed by atoms with Gasteiger partial charge in [-0.1, -0.05) is 39.0 Å². The topological polar surface area (TPSA) is 80.3 Å². The molecular weight excluding hydrogens is 326 g/mol. The average Bonchev–Trinajstić information content (AvgIpc) is 2.82. The van der Waals surface area contributed by atoms with Gasteiger partial charge >= 0.3 is 5.97 Å². The van der Waals surface area contributed by atoms with Crippen molar-refractivity contribution in [2.24, 2.45) is 5.92 Å². The second-order valence-electron chi connectivity index (χ2n) is 5.89. The molecule has 1 rings (SSSR count). The molecule has 1 heterocycles. The first kappa shape index (κ1) is 20.8. The smallest absolute Gasteiger partial charge is 0.350 e. The van der Waals surface area contributed by atoms with Gasteiger partial charge in [0, 0.05) is 17.9 Å². The van der Waals surface area contributed by atoms with Gasteiger partial charge in [-0.25, -0.2) is 9.78 Å². The number of carbonyl (C=O) groups is 2. The van der Waals surface area contributed by atoms with Crippen LogP contribution in [0, 0.1) is 5.92 Å². The third kappa shape index (κ3) is 5.23. The van der Waals surface area contributed by atoms with Crippen molar-refractivity contribution < 1.29 is 14.3 Å². The lowest BCUT2D eigenvalue weighted by atomic mass is 9.91. The summed E-state index contributed by atoms with van der Waals surface area (Å²) in [5, 5.41) is 6.13. The van der Waals surface area contributed by atoms with Gasteiger partial charge in [-0.15, -0.1) is 12.4 Å². The molecular formula is C14H24ClN3O3S. The number of ether oxygens (including phenoxy) is 1. The van der Waals surface area contributed by atoms with Gasteiger partial charge in [-0.2, -0.15) is 0 Å². The normalized spacial score (nSPS) is 12.3. The van der Waals surface area contributed by atoms with E-state index in [9.17, 15) is 9.59 Å². The highest BCUT2D eigenvalue weighted by Gasteiger charge is 2.28. The summed E-state index contributed by atoms with van der Waals surface area (Å²) in [4.78, 5) is 28.7. The third-order valence-electron chi connectivity index (χ3n) is 2.90. The monoisotopic (exact) mass is 349 g/mol. The Morgan fingerprint density at radius 1 is 1.36 bits per heavy atom. The number of anilines is 1. The maximum Gasteiger partial charge on any atom is 0.350 e. The number of carbonyl (C=O) groups excluding carboxylic acids is 2. The summed E-state index contributed by atoms with van der Waals surface area (Å²) in [6, 6.07) is 0. The van der Waals surface area contributed by atoms with Crippen molar-refractivity contribution in [3.05, 3.63) is 10.6 Å². The van der Waals surface area contributed by atoms with E-state index < -0.39 is 5.97 Å². The molecule has 0 radical (unpaired) electrons. The first-order valence-electron chi connectivity index (χ1n) is 6.75. The van der Waals surface area contributed by atoms with Crippen molar-refractivity contribution in [1.29, 1.82) is 0 Å². The Hall–Kier alpha value is -1.18. The second kappa shape index (κ2) is 8.45. The summed E-state index contributed by atoms with van der Waals surface area (Å²) >= 11 is 1.14. The Morgan fingerprint density at radius 3 is 2.41 bits per heavy atom. The molecule has 1 atom stereocenters. The molecule has 1 aromatic heterocycles. The number of esters is 1. The molecule has 0 bridgehead atoms. The van der Waals surface area contributed by atoms with E-state index in [1.54, 1.807) is 7.05 Å². The van der Waals surface area contributed by atoms with Crippen LogP contribution < -0.4 is 10.6 Å². The molecule has 0 spiro atoms. The molecule has 0 saturated heterocycles. The maximum atomic E-state index is 12.0. The summed E-state index contributed by atoms with van der Waals surface area (Å²) in [6.45, 7) is 8.29. The first-order chi connectivity index (χ1) is 9.70. The summed E-state index contributed by atoms with van der Waals surface area (Å²) in [7, 11) is 3.13. The molecule has 1 amide bonds. The fourth-order valence-corrected chi connectivity index (χ4v) is 2.84. The Morgan fingerprint density at radius 2 is 1.95 bits per heavy atom. The summed E-state index contributed by atoms with van der Waals surface area (Å²) < 4.78 is 4.79. The van der Waals surface area contributed by atoms with Crippen LogP contribution in [-0.2, 0) is 14.9 Å². The molecule has 126 valence electrons. The van der Waals surface area contributed by atoms with E-state index in [2.05, 4.69) is 15.6 Å². The van der Waals surface area contributed by atoms with Crippen molar-refractivity contribution in [3.8, 4) is 0 Å². The lowest BCUT2D eigenvalue weighted by molar-refractivity contribution is -0.119. The number of aromatic nitrogens is 1. The van der Waals surface area contributed by atoms with Crippen LogP contribution in [0.25, 0.3) is 0 Å². The molecule has 6 nitrogen and oxygen atoms in total. The molecule has 2 N–H and O–H groups in total. The van der Waals surface area contributed by atoms with E-state index in [0.717, 1.165) is 11.3 Å². The summed E-state index contributed by atoms with van der Waals surface area (Å²) in [5.74, 6) is -0.741. The van der Waals surface area contributed by atoms with E-state index in [-0.39, 0.29) is 29.6 Å². The van der Waals surface area contributed by atoms with Gasteiger partial charge in [0.1, 0.15) is 4.88 Å². The summed E-state index contributed by atoms with van der Waals surface area (Å²) in [6.07, 6.45) is 0. The quantitative estimate of drug-likeness (QED) is 0.798. The van der Waals surface area contributed by atoms with Crippen LogP contribution in [-0.4, -0.2) is 37.6 Å². The van der Waals surface area contributed by atoms with Crippen molar-refractivity contribution in [2.45, 2.75) is 33.1 Å². The number of nitrogens with zero attached hydrogens (tertiary/aromatic N) is 1. The standard InChI is InChI=1S/C14H23N3O3S.ClH/c1-8(7-15-5)11(18)17-13-16-10(14(2,3)4)9(21-13)12(19)20-6;/h8,15H,7H2,1-6H3,(H,16,17,18);1H. The molecule has 0 aliphatic heterocycles. The van der Waals surface area contributed by atoms with Crippen molar-refractivity contribution >= 4 is 40.8 Å². The molecule has 0 aliphatic carbocycles. The van der Waals surface area contributed by atoms with Gasteiger partial charge in [0.05, 0.1) is 12.8 Å².